The standard InChI is InChI=1S/C26H29F5N4O4/c1-16-10-19(27)20(32-23(37)35-3-2-24(15-35)14-25(28,29)26(24,30)31)13-18(16)17-11-21(34-4-7-38-8-5-34)33-22(12-17)39-9-6-36/h10-13,36H,2-9,14-15H2,1H3,(H,32,37). The van der Waals surface area contributed by atoms with Crippen LogP contribution < -0.4 is 15.0 Å². The fourth-order valence-electron chi connectivity index (χ4n) is 5.47. The number of pyridine rings is 1. The summed E-state index contributed by atoms with van der Waals surface area (Å²) in [4.78, 5) is 20.4. The molecule has 0 bridgehead atoms. The summed E-state index contributed by atoms with van der Waals surface area (Å²) < 4.78 is 81.2. The van der Waals surface area contributed by atoms with Crippen molar-refractivity contribution in [2.75, 3.05) is 62.8 Å². The Morgan fingerprint density at radius 1 is 1.15 bits per heavy atom. The molecule has 1 saturated carbocycles. The number of rotatable bonds is 6. The van der Waals surface area contributed by atoms with Gasteiger partial charge < -0.3 is 29.7 Å². The number of morpholine rings is 1. The van der Waals surface area contributed by atoms with Gasteiger partial charge in [-0.05, 0) is 48.2 Å². The van der Waals surface area contributed by atoms with Crippen LogP contribution in [-0.4, -0.2) is 85.5 Å². The van der Waals surface area contributed by atoms with Crippen molar-refractivity contribution in [3.05, 3.63) is 35.6 Å². The number of halogens is 5. The van der Waals surface area contributed by atoms with Crippen molar-refractivity contribution >= 4 is 17.5 Å². The summed E-state index contributed by atoms with van der Waals surface area (Å²) in [7, 11) is 0. The van der Waals surface area contributed by atoms with Gasteiger partial charge in [-0.1, -0.05) is 0 Å². The van der Waals surface area contributed by atoms with Gasteiger partial charge in [-0.15, -0.1) is 0 Å². The van der Waals surface area contributed by atoms with Crippen molar-refractivity contribution in [2.24, 2.45) is 5.41 Å². The normalized spacial score (nSPS) is 23.6. The van der Waals surface area contributed by atoms with Gasteiger partial charge in [-0.3, -0.25) is 0 Å². The van der Waals surface area contributed by atoms with E-state index in [-0.39, 0.29) is 37.7 Å². The summed E-state index contributed by atoms with van der Waals surface area (Å²) in [6, 6.07) is 5.25. The van der Waals surface area contributed by atoms with Crippen LogP contribution in [0.25, 0.3) is 11.1 Å². The van der Waals surface area contributed by atoms with Gasteiger partial charge in [0, 0.05) is 38.7 Å². The number of nitrogens with zero attached hydrogens (tertiary/aromatic N) is 3. The number of carbonyl (C=O) groups is 1. The second kappa shape index (κ2) is 10.1. The zero-order chi connectivity index (χ0) is 28.0. The van der Waals surface area contributed by atoms with Crippen LogP contribution in [-0.2, 0) is 4.74 Å². The number of alkyl halides is 4. The molecule has 1 aromatic carbocycles. The van der Waals surface area contributed by atoms with E-state index in [0.29, 0.717) is 48.8 Å². The lowest BCUT2D eigenvalue weighted by atomic mass is 9.62. The van der Waals surface area contributed by atoms with Gasteiger partial charge in [0.15, 0.2) is 0 Å². The molecule has 2 amide bonds. The van der Waals surface area contributed by atoms with Crippen molar-refractivity contribution in [1.82, 2.24) is 9.88 Å². The molecule has 0 radical (unpaired) electrons. The van der Waals surface area contributed by atoms with E-state index in [1.807, 2.05) is 4.90 Å². The summed E-state index contributed by atoms with van der Waals surface area (Å²) in [5, 5.41) is 11.6. The third-order valence-corrected chi connectivity index (χ3v) is 7.66. The van der Waals surface area contributed by atoms with E-state index in [2.05, 4.69) is 10.3 Å². The highest BCUT2D eigenvalue weighted by molar-refractivity contribution is 5.91. The third-order valence-electron chi connectivity index (χ3n) is 7.66. The summed E-state index contributed by atoms with van der Waals surface area (Å²) >= 11 is 0. The van der Waals surface area contributed by atoms with E-state index in [9.17, 15) is 31.9 Å². The van der Waals surface area contributed by atoms with Crippen molar-refractivity contribution in [3.8, 4) is 17.0 Å². The number of nitrogens with one attached hydrogen (secondary N) is 1. The molecule has 2 saturated heterocycles. The molecule has 3 fully saturated rings. The van der Waals surface area contributed by atoms with Gasteiger partial charge in [0.2, 0.25) is 5.88 Å². The number of benzene rings is 1. The molecule has 2 N–H and O–H groups in total. The number of aliphatic hydroxyl groups excluding tert-OH is 1. The Hall–Kier alpha value is -3.19. The highest BCUT2D eigenvalue weighted by Crippen LogP contribution is 2.66. The Kier molecular flexibility index (Phi) is 7.08. The number of aryl methyl sites for hydroxylation is 1. The molecule has 1 aromatic heterocycles. The molecule has 13 heteroatoms. The monoisotopic (exact) mass is 556 g/mol. The topological polar surface area (TPSA) is 87.2 Å². The molecule has 2 aromatic rings. The lowest BCUT2D eigenvalue weighted by molar-refractivity contribution is -0.353. The third kappa shape index (κ3) is 4.86. The smallest absolute Gasteiger partial charge is 0.321 e. The van der Waals surface area contributed by atoms with E-state index in [1.165, 1.54) is 12.1 Å². The minimum atomic E-state index is -4.20. The van der Waals surface area contributed by atoms with Crippen LogP contribution in [0.2, 0.25) is 0 Å². The average Bonchev–Trinajstić information content (AvgIpc) is 3.35. The maximum Gasteiger partial charge on any atom is 0.321 e. The number of hydrogen-bond donors (Lipinski definition) is 2. The zero-order valence-corrected chi connectivity index (χ0v) is 21.3. The van der Waals surface area contributed by atoms with E-state index in [0.717, 1.165) is 4.90 Å². The number of ether oxygens (including phenoxy) is 2. The van der Waals surface area contributed by atoms with Gasteiger partial charge in [0.25, 0.3) is 0 Å². The second-order valence-electron chi connectivity index (χ2n) is 10.2. The first-order chi connectivity index (χ1) is 18.5. The lowest BCUT2D eigenvalue weighted by Gasteiger charge is -2.51. The number of aromatic nitrogens is 1. The fourth-order valence-corrected chi connectivity index (χ4v) is 5.47. The Labute approximate surface area is 221 Å². The van der Waals surface area contributed by atoms with Crippen LogP contribution in [0.4, 0.5) is 38.3 Å². The van der Waals surface area contributed by atoms with Crippen LogP contribution in [0.1, 0.15) is 18.4 Å². The van der Waals surface area contributed by atoms with Crippen LogP contribution in [0.5, 0.6) is 5.88 Å². The molecule has 1 aliphatic carbocycles. The number of aliphatic hydroxyl groups is 1. The van der Waals surface area contributed by atoms with Crippen molar-refractivity contribution in [2.45, 2.75) is 31.6 Å². The Balaban J connectivity index is 1.40. The lowest BCUT2D eigenvalue weighted by Crippen LogP contribution is -2.67. The van der Waals surface area contributed by atoms with Crippen LogP contribution >= 0.6 is 0 Å². The van der Waals surface area contributed by atoms with E-state index < -0.39 is 42.1 Å². The quantitative estimate of drug-likeness (QED) is 0.516. The molecule has 1 unspecified atom stereocenters. The molecular formula is C26H29F5N4O4. The largest absolute Gasteiger partial charge is 0.475 e. The first kappa shape index (κ1) is 27.4. The SMILES string of the molecule is Cc1cc(F)c(NC(=O)N2CCC3(C2)CC(F)(F)C3(F)F)cc1-c1cc(OCCO)nc(N2CCOCC2)c1. The van der Waals surface area contributed by atoms with Crippen LogP contribution in [0.15, 0.2) is 24.3 Å². The molecule has 1 spiro atoms. The van der Waals surface area contributed by atoms with Gasteiger partial charge in [0.1, 0.15) is 18.2 Å². The van der Waals surface area contributed by atoms with Crippen LogP contribution in [0.3, 0.4) is 0 Å². The fraction of sp³-hybridized carbons (Fsp3) is 0.538. The molecule has 39 heavy (non-hydrogen) atoms. The summed E-state index contributed by atoms with van der Waals surface area (Å²) in [5.74, 6) is -8.19. The zero-order valence-electron chi connectivity index (χ0n) is 21.3. The Morgan fingerprint density at radius 3 is 2.56 bits per heavy atom. The van der Waals surface area contributed by atoms with E-state index >= 15 is 0 Å². The number of urea groups is 1. The number of anilines is 2. The predicted molar refractivity (Wildman–Crippen MR) is 132 cm³/mol. The van der Waals surface area contributed by atoms with E-state index in [4.69, 9.17) is 9.47 Å². The highest BCUT2D eigenvalue weighted by atomic mass is 19.3. The van der Waals surface area contributed by atoms with Crippen molar-refractivity contribution in [1.29, 1.82) is 0 Å². The molecule has 212 valence electrons. The van der Waals surface area contributed by atoms with Gasteiger partial charge in [-0.2, -0.15) is 22.5 Å². The first-order valence-electron chi connectivity index (χ1n) is 12.7. The molecule has 5 rings (SSSR count). The summed E-state index contributed by atoms with van der Waals surface area (Å²) in [5.41, 5.74) is -0.434. The molecule has 1 atom stereocenters. The molecule has 8 nitrogen and oxygen atoms in total. The van der Waals surface area contributed by atoms with Gasteiger partial charge >= 0.3 is 17.9 Å². The van der Waals surface area contributed by atoms with Crippen molar-refractivity contribution in [3.63, 3.8) is 0 Å². The summed E-state index contributed by atoms with van der Waals surface area (Å²) in [6.45, 7) is 3.05. The maximum atomic E-state index is 14.9. The number of carbonyl (C=O) groups excluding carboxylic acids is 1. The predicted octanol–water partition coefficient (Wildman–Crippen LogP) is 4.30. The van der Waals surface area contributed by atoms with Crippen LogP contribution in [0, 0.1) is 18.2 Å². The minimum absolute atomic E-state index is 0.0189. The molecular weight excluding hydrogens is 527 g/mol. The van der Waals surface area contributed by atoms with Gasteiger partial charge in [-0.25, -0.2) is 9.18 Å². The number of likely N-dealkylation sites (tertiary alicyclic amines) is 1. The average molecular weight is 557 g/mol. The minimum Gasteiger partial charge on any atom is -0.475 e. The maximum absolute atomic E-state index is 14.9. The van der Waals surface area contributed by atoms with Gasteiger partial charge in [0.05, 0.1) is 30.9 Å². The molecule has 3 heterocycles. The second-order valence-corrected chi connectivity index (χ2v) is 10.2. The highest BCUT2D eigenvalue weighted by Gasteiger charge is 2.81. The van der Waals surface area contributed by atoms with E-state index in [1.54, 1.807) is 19.1 Å². The molecule has 2 aliphatic heterocycles. The van der Waals surface area contributed by atoms with Crippen molar-refractivity contribution < 1.29 is 41.3 Å². The Morgan fingerprint density at radius 2 is 1.90 bits per heavy atom. The number of amides is 2. The Bertz CT molecular complexity index is 1260. The molecule has 3 aliphatic rings. The first-order valence-corrected chi connectivity index (χ1v) is 12.7. The summed E-state index contributed by atoms with van der Waals surface area (Å²) in [6.07, 6.45) is -1.25. The number of hydrogen-bond acceptors (Lipinski definition) is 6.